The van der Waals surface area contributed by atoms with E-state index in [0.29, 0.717) is 23.5 Å². The van der Waals surface area contributed by atoms with E-state index in [2.05, 4.69) is 29.6 Å². The van der Waals surface area contributed by atoms with E-state index in [1.807, 2.05) is 4.57 Å². The zero-order valence-corrected chi connectivity index (χ0v) is 12.6. The summed E-state index contributed by atoms with van der Waals surface area (Å²) in [5.74, 6) is 0. The molecule has 0 aromatic carbocycles. The Kier molecular flexibility index (Phi) is 4.11. The van der Waals surface area contributed by atoms with E-state index >= 15 is 0 Å². The molecule has 0 N–H and O–H groups in total. The van der Waals surface area contributed by atoms with Crippen molar-refractivity contribution < 1.29 is 9.53 Å². The number of hydrogen-bond donors (Lipinski definition) is 0. The molecule has 0 aliphatic rings. The summed E-state index contributed by atoms with van der Waals surface area (Å²) in [6.45, 7) is 8.10. The number of carbonyl (C=O) groups is 1. The fourth-order valence-electron chi connectivity index (χ4n) is 1.76. The molecule has 0 atom stereocenters. The summed E-state index contributed by atoms with van der Waals surface area (Å²) in [5.41, 5.74) is 1.88. The summed E-state index contributed by atoms with van der Waals surface area (Å²) in [5, 5.41) is 0. The van der Waals surface area contributed by atoms with Gasteiger partial charge in [0.2, 0.25) is 0 Å². The Bertz CT molecular complexity index is 575. The van der Waals surface area contributed by atoms with Crippen molar-refractivity contribution in [1.82, 2.24) is 14.5 Å². The van der Waals surface area contributed by atoms with Crippen molar-refractivity contribution in [2.75, 3.05) is 6.61 Å². The predicted molar refractivity (Wildman–Crippen MR) is 77.0 cm³/mol. The molecule has 0 unspecified atom stereocenters. The highest BCUT2D eigenvalue weighted by Crippen LogP contribution is 2.15. The van der Waals surface area contributed by atoms with Gasteiger partial charge in [-0.05, 0) is 6.04 Å². The molecule has 0 spiro atoms. The van der Waals surface area contributed by atoms with Crippen LogP contribution in [0.4, 0.5) is 0 Å². The van der Waals surface area contributed by atoms with Gasteiger partial charge in [0.05, 0.1) is 5.56 Å². The van der Waals surface area contributed by atoms with Crippen LogP contribution in [0, 0.1) is 0 Å². The minimum Gasteiger partial charge on any atom is -0.361 e. The van der Waals surface area contributed by atoms with Crippen molar-refractivity contribution >= 4 is 25.5 Å². The third kappa shape index (κ3) is 3.48. The van der Waals surface area contributed by atoms with Crippen molar-refractivity contribution in [3.63, 3.8) is 0 Å². The van der Waals surface area contributed by atoms with Gasteiger partial charge >= 0.3 is 0 Å². The van der Waals surface area contributed by atoms with Gasteiger partial charge in [-0.3, -0.25) is 9.78 Å². The Morgan fingerprint density at radius 2 is 2.05 bits per heavy atom. The molecule has 6 heteroatoms. The van der Waals surface area contributed by atoms with Crippen molar-refractivity contribution in [2.24, 2.45) is 0 Å². The number of ether oxygens (including phenoxy) is 1. The molecular weight excluding hydrogens is 258 g/mol. The molecule has 0 bridgehead atoms. The maximum atomic E-state index is 11.0. The summed E-state index contributed by atoms with van der Waals surface area (Å²) in [6, 6.07) is 1.12. The Labute approximate surface area is 113 Å². The Morgan fingerprint density at radius 3 is 2.74 bits per heavy atom. The summed E-state index contributed by atoms with van der Waals surface area (Å²) in [4.78, 5) is 19.4. The van der Waals surface area contributed by atoms with Gasteiger partial charge in [-0.25, -0.2) is 4.98 Å². The zero-order chi connectivity index (χ0) is 13.9. The van der Waals surface area contributed by atoms with Crippen molar-refractivity contribution in [3.05, 3.63) is 24.2 Å². The highest BCUT2D eigenvalue weighted by Gasteiger charge is 2.13. The van der Waals surface area contributed by atoms with Gasteiger partial charge in [0.15, 0.2) is 11.9 Å². The van der Waals surface area contributed by atoms with Gasteiger partial charge in [0.25, 0.3) is 0 Å². The lowest BCUT2D eigenvalue weighted by atomic mass is 10.3. The fourth-order valence-corrected chi connectivity index (χ4v) is 2.52. The summed E-state index contributed by atoms with van der Waals surface area (Å²) < 4.78 is 7.51. The van der Waals surface area contributed by atoms with Crippen molar-refractivity contribution in [2.45, 2.75) is 32.4 Å². The number of nitrogens with zero attached hydrogens (tertiary/aromatic N) is 3. The van der Waals surface area contributed by atoms with Gasteiger partial charge in [-0.1, -0.05) is 19.6 Å². The van der Waals surface area contributed by atoms with Crippen LogP contribution in [-0.4, -0.2) is 35.5 Å². The van der Waals surface area contributed by atoms with Gasteiger partial charge in [-0.2, -0.15) is 0 Å². The normalized spacial score (nSPS) is 11.9. The lowest BCUT2D eigenvalue weighted by Crippen LogP contribution is -2.22. The quantitative estimate of drug-likeness (QED) is 0.462. The maximum Gasteiger partial charge on any atom is 0.161 e. The first-order chi connectivity index (χ1) is 9.01. The van der Waals surface area contributed by atoms with E-state index in [0.717, 1.165) is 18.9 Å². The second kappa shape index (κ2) is 5.62. The van der Waals surface area contributed by atoms with Gasteiger partial charge in [0.1, 0.15) is 12.2 Å². The largest absolute Gasteiger partial charge is 0.361 e. The second-order valence-corrected chi connectivity index (χ2v) is 11.4. The number of fused-ring (bicyclic) bond motifs is 1. The Morgan fingerprint density at radius 1 is 1.32 bits per heavy atom. The first kappa shape index (κ1) is 13.9. The Hall–Kier alpha value is -1.53. The highest BCUT2D eigenvalue weighted by atomic mass is 28.3. The number of hydrogen-bond acceptors (Lipinski definition) is 4. The van der Waals surface area contributed by atoms with E-state index in [4.69, 9.17) is 4.74 Å². The first-order valence-corrected chi connectivity index (χ1v) is 10.0. The molecule has 0 saturated carbocycles. The number of rotatable bonds is 6. The molecule has 0 radical (unpaired) electrons. The molecule has 0 aliphatic heterocycles. The second-order valence-electron chi connectivity index (χ2n) is 5.75. The monoisotopic (exact) mass is 277 g/mol. The van der Waals surface area contributed by atoms with Crippen LogP contribution in [0.15, 0.2) is 18.6 Å². The van der Waals surface area contributed by atoms with Crippen molar-refractivity contribution in [3.8, 4) is 0 Å². The molecule has 2 rings (SSSR count). The van der Waals surface area contributed by atoms with Crippen LogP contribution in [0.25, 0.3) is 11.2 Å². The van der Waals surface area contributed by atoms with Gasteiger partial charge in [-0.15, -0.1) is 0 Å². The molecule has 2 aromatic rings. The molecule has 0 aliphatic carbocycles. The minimum atomic E-state index is -1.07. The van der Waals surface area contributed by atoms with Gasteiger partial charge in [0, 0.05) is 33.3 Å². The molecule has 0 amide bonds. The predicted octanol–water partition coefficient (Wildman–Crippen LogP) is 2.56. The van der Waals surface area contributed by atoms with Crippen LogP contribution in [0.5, 0.6) is 0 Å². The maximum absolute atomic E-state index is 11.0. The summed E-state index contributed by atoms with van der Waals surface area (Å²) >= 11 is 0. The number of aromatic nitrogens is 3. The lowest BCUT2D eigenvalue weighted by molar-refractivity contribution is 0.0897. The lowest BCUT2D eigenvalue weighted by Gasteiger charge is -2.15. The molecule has 19 heavy (non-hydrogen) atoms. The van der Waals surface area contributed by atoms with E-state index in [1.54, 1.807) is 18.6 Å². The number of carbonyl (C=O) groups excluding carboxylic acids is 1. The molecule has 2 aromatic heterocycles. The molecule has 0 saturated heterocycles. The average Bonchev–Trinajstić information content (AvgIpc) is 2.72. The Balaban J connectivity index is 2.07. The molecule has 0 fully saturated rings. The smallest absolute Gasteiger partial charge is 0.161 e. The fraction of sp³-hybridized carbons (Fsp3) is 0.462. The van der Waals surface area contributed by atoms with E-state index in [-0.39, 0.29) is 0 Å². The third-order valence-electron chi connectivity index (χ3n) is 2.87. The van der Waals surface area contributed by atoms with Crippen LogP contribution in [0.2, 0.25) is 25.7 Å². The van der Waals surface area contributed by atoms with Crippen LogP contribution >= 0.6 is 0 Å². The molecule has 102 valence electrons. The average molecular weight is 277 g/mol. The number of aldehydes is 1. The molecule has 2 heterocycles. The van der Waals surface area contributed by atoms with Crippen LogP contribution < -0.4 is 0 Å². The van der Waals surface area contributed by atoms with Crippen molar-refractivity contribution in [1.29, 1.82) is 0 Å². The highest BCUT2D eigenvalue weighted by molar-refractivity contribution is 6.76. The van der Waals surface area contributed by atoms with E-state index in [9.17, 15) is 4.79 Å². The molecular formula is C13H19N3O2Si. The molecule has 5 nitrogen and oxygen atoms in total. The van der Waals surface area contributed by atoms with Crippen LogP contribution in [0.3, 0.4) is 0 Å². The van der Waals surface area contributed by atoms with Gasteiger partial charge < -0.3 is 9.30 Å². The van der Waals surface area contributed by atoms with Crippen LogP contribution in [0.1, 0.15) is 10.4 Å². The minimum absolute atomic E-state index is 0.410. The standard InChI is InChI=1S/C13H19N3O2Si/c1-19(2,3)7-6-18-10-16-8-11(9-17)12-13(16)15-5-4-14-12/h4-5,8-9H,6-7,10H2,1-3H3. The zero-order valence-electron chi connectivity index (χ0n) is 11.6. The topological polar surface area (TPSA) is 57.0 Å². The van der Waals surface area contributed by atoms with E-state index < -0.39 is 8.07 Å². The SMILES string of the molecule is C[Si](C)(C)CCOCn1cc(C=O)c2nccnc21. The summed E-state index contributed by atoms with van der Waals surface area (Å²) in [6.07, 6.45) is 5.75. The van der Waals surface area contributed by atoms with E-state index in [1.165, 1.54) is 0 Å². The summed E-state index contributed by atoms with van der Waals surface area (Å²) in [7, 11) is -1.07. The first-order valence-electron chi connectivity index (χ1n) is 6.34. The third-order valence-corrected chi connectivity index (χ3v) is 4.58. The van der Waals surface area contributed by atoms with Crippen LogP contribution in [-0.2, 0) is 11.5 Å².